The van der Waals surface area contributed by atoms with Gasteiger partial charge < -0.3 is 0 Å². The molecular formula is C15H15N3O. The summed E-state index contributed by atoms with van der Waals surface area (Å²) in [6, 6.07) is 11.4. The van der Waals surface area contributed by atoms with Gasteiger partial charge in [-0.1, -0.05) is 29.8 Å². The number of nitrogens with one attached hydrogen (secondary N) is 1. The summed E-state index contributed by atoms with van der Waals surface area (Å²) >= 11 is 0. The van der Waals surface area contributed by atoms with Crippen molar-refractivity contribution in [1.29, 1.82) is 0 Å². The number of hydrogen-bond donors (Lipinski definition) is 1. The fourth-order valence-electron chi connectivity index (χ4n) is 1.48. The average molecular weight is 253 g/mol. The number of nitrogens with zero attached hydrogens (tertiary/aromatic N) is 2. The minimum Gasteiger partial charge on any atom is -0.267 e. The Morgan fingerprint density at radius 2 is 1.89 bits per heavy atom. The van der Waals surface area contributed by atoms with Gasteiger partial charge in [-0.25, -0.2) is 5.43 Å². The van der Waals surface area contributed by atoms with E-state index in [9.17, 15) is 4.79 Å². The number of carbonyl (C=O) groups excluding carboxylic acids is 1. The first-order chi connectivity index (χ1) is 9.15. The average Bonchev–Trinajstić information content (AvgIpc) is 2.41. The summed E-state index contributed by atoms with van der Waals surface area (Å²) in [7, 11) is 0. The number of aryl methyl sites for hydroxylation is 2. The molecule has 2 rings (SSSR count). The lowest BCUT2D eigenvalue weighted by atomic mass is 10.2. The van der Waals surface area contributed by atoms with Crippen LogP contribution in [0.4, 0.5) is 0 Å². The Bertz CT molecular complexity index is 586. The van der Waals surface area contributed by atoms with Gasteiger partial charge in [0.05, 0.1) is 11.8 Å². The second kappa shape index (κ2) is 5.91. The lowest BCUT2D eigenvalue weighted by Crippen LogP contribution is -2.17. The first-order valence-electron chi connectivity index (χ1n) is 5.98. The van der Waals surface area contributed by atoms with Gasteiger partial charge in [0.15, 0.2) is 0 Å². The minimum atomic E-state index is -0.268. The highest BCUT2D eigenvalue weighted by Crippen LogP contribution is 2.01. The molecule has 4 heteroatoms. The lowest BCUT2D eigenvalue weighted by molar-refractivity contribution is 0.0955. The van der Waals surface area contributed by atoms with Crippen LogP contribution in [0, 0.1) is 13.8 Å². The van der Waals surface area contributed by atoms with Gasteiger partial charge >= 0.3 is 0 Å². The first-order valence-corrected chi connectivity index (χ1v) is 5.98. The predicted octanol–water partition coefficient (Wildman–Crippen LogP) is 2.46. The third-order valence-corrected chi connectivity index (χ3v) is 2.63. The number of hydrogen-bond acceptors (Lipinski definition) is 3. The maximum Gasteiger partial charge on any atom is 0.272 e. The third-order valence-electron chi connectivity index (χ3n) is 2.63. The summed E-state index contributed by atoms with van der Waals surface area (Å²) in [5.74, 6) is -0.268. The van der Waals surface area contributed by atoms with Crippen molar-refractivity contribution in [3.05, 3.63) is 65.0 Å². The second-order valence-corrected chi connectivity index (χ2v) is 4.30. The van der Waals surface area contributed by atoms with E-state index in [1.165, 1.54) is 11.8 Å². The van der Waals surface area contributed by atoms with E-state index in [1.54, 1.807) is 18.3 Å². The normalized spacial score (nSPS) is 10.6. The Morgan fingerprint density at radius 1 is 1.16 bits per heavy atom. The van der Waals surface area contributed by atoms with Crippen LogP contribution < -0.4 is 5.43 Å². The van der Waals surface area contributed by atoms with Gasteiger partial charge in [-0.3, -0.25) is 9.78 Å². The van der Waals surface area contributed by atoms with Crippen LogP contribution in [-0.4, -0.2) is 17.1 Å². The van der Waals surface area contributed by atoms with Gasteiger partial charge in [-0.15, -0.1) is 0 Å². The van der Waals surface area contributed by atoms with Crippen molar-refractivity contribution in [2.45, 2.75) is 13.8 Å². The number of amides is 1. The molecule has 0 aliphatic carbocycles. The van der Waals surface area contributed by atoms with Crippen LogP contribution in [0.1, 0.15) is 27.2 Å². The van der Waals surface area contributed by atoms with Gasteiger partial charge in [-0.2, -0.15) is 5.10 Å². The number of aromatic nitrogens is 1. The molecule has 0 aliphatic rings. The number of benzene rings is 1. The summed E-state index contributed by atoms with van der Waals surface area (Å²) in [5, 5.41) is 3.92. The Hall–Kier alpha value is -2.49. The highest BCUT2D eigenvalue weighted by atomic mass is 16.2. The molecule has 1 aromatic heterocycles. The summed E-state index contributed by atoms with van der Waals surface area (Å²) < 4.78 is 0. The predicted molar refractivity (Wildman–Crippen MR) is 75.2 cm³/mol. The van der Waals surface area contributed by atoms with E-state index in [0.29, 0.717) is 5.56 Å². The molecule has 0 bridgehead atoms. The van der Waals surface area contributed by atoms with Crippen molar-refractivity contribution >= 4 is 12.1 Å². The van der Waals surface area contributed by atoms with Crippen molar-refractivity contribution in [3.8, 4) is 0 Å². The molecule has 0 atom stereocenters. The Balaban J connectivity index is 1.96. The summed E-state index contributed by atoms with van der Waals surface area (Å²) in [5.41, 5.74) is 5.96. The molecule has 2 aromatic rings. The molecule has 0 saturated heterocycles. The van der Waals surface area contributed by atoms with Crippen LogP contribution in [0.3, 0.4) is 0 Å². The number of rotatable bonds is 3. The van der Waals surface area contributed by atoms with Gasteiger partial charge in [0, 0.05) is 11.9 Å². The van der Waals surface area contributed by atoms with Crippen LogP contribution in [0.5, 0.6) is 0 Å². The molecule has 0 radical (unpaired) electrons. The zero-order valence-corrected chi connectivity index (χ0v) is 10.9. The fraction of sp³-hybridized carbons (Fsp3) is 0.133. The smallest absolute Gasteiger partial charge is 0.267 e. The molecule has 1 N–H and O–H groups in total. The highest BCUT2D eigenvalue weighted by Gasteiger charge is 2.03. The third kappa shape index (κ3) is 3.74. The van der Waals surface area contributed by atoms with E-state index in [1.807, 2.05) is 38.1 Å². The molecular weight excluding hydrogens is 238 g/mol. The number of hydrazone groups is 1. The van der Waals surface area contributed by atoms with E-state index in [-0.39, 0.29) is 5.91 Å². The zero-order valence-electron chi connectivity index (χ0n) is 10.9. The van der Waals surface area contributed by atoms with Gasteiger partial charge in [0.25, 0.3) is 5.91 Å². The topological polar surface area (TPSA) is 54.4 Å². The molecule has 0 saturated carbocycles. The molecule has 1 aromatic carbocycles. The molecule has 1 amide bonds. The van der Waals surface area contributed by atoms with E-state index < -0.39 is 0 Å². The molecule has 0 aliphatic heterocycles. The Labute approximate surface area is 112 Å². The monoisotopic (exact) mass is 253 g/mol. The van der Waals surface area contributed by atoms with Crippen LogP contribution in [0.15, 0.2) is 47.7 Å². The summed E-state index contributed by atoms with van der Waals surface area (Å²) in [6.45, 7) is 3.89. The molecule has 19 heavy (non-hydrogen) atoms. The first kappa shape index (κ1) is 13.0. The SMILES string of the molecule is Cc1ccc(/C=N/NC(=O)c2ccc(C)nc2)cc1. The Morgan fingerprint density at radius 3 is 2.53 bits per heavy atom. The van der Waals surface area contributed by atoms with Crippen molar-refractivity contribution < 1.29 is 4.79 Å². The number of carbonyl (C=O) groups is 1. The minimum absolute atomic E-state index is 0.268. The van der Waals surface area contributed by atoms with E-state index in [4.69, 9.17) is 0 Å². The molecule has 0 fully saturated rings. The maximum absolute atomic E-state index is 11.7. The Kier molecular flexibility index (Phi) is 4.03. The summed E-state index contributed by atoms with van der Waals surface area (Å²) in [6.07, 6.45) is 3.14. The van der Waals surface area contributed by atoms with Crippen LogP contribution in [-0.2, 0) is 0 Å². The largest absolute Gasteiger partial charge is 0.272 e. The van der Waals surface area contributed by atoms with Gasteiger partial charge in [-0.05, 0) is 31.5 Å². The van der Waals surface area contributed by atoms with Gasteiger partial charge in [0.2, 0.25) is 0 Å². The molecule has 1 heterocycles. The van der Waals surface area contributed by atoms with Crippen molar-refractivity contribution in [2.24, 2.45) is 5.10 Å². The molecule has 4 nitrogen and oxygen atoms in total. The fourth-order valence-corrected chi connectivity index (χ4v) is 1.48. The van der Waals surface area contributed by atoms with E-state index in [2.05, 4.69) is 15.5 Å². The molecule has 0 unspecified atom stereocenters. The van der Waals surface area contributed by atoms with Crippen LogP contribution in [0.2, 0.25) is 0 Å². The van der Waals surface area contributed by atoms with Crippen molar-refractivity contribution in [3.63, 3.8) is 0 Å². The van der Waals surface area contributed by atoms with E-state index in [0.717, 1.165) is 11.3 Å². The standard InChI is InChI=1S/C15H15N3O/c1-11-3-6-13(7-4-11)9-17-18-15(19)14-8-5-12(2)16-10-14/h3-10H,1-2H3,(H,18,19)/b17-9+. The quantitative estimate of drug-likeness (QED) is 0.674. The van der Waals surface area contributed by atoms with Crippen LogP contribution in [0.25, 0.3) is 0 Å². The molecule has 0 spiro atoms. The second-order valence-electron chi connectivity index (χ2n) is 4.30. The lowest BCUT2D eigenvalue weighted by Gasteiger charge is -1.99. The number of pyridine rings is 1. The molecule has 96 valence electrons. The van der Waals surface area contributed by atoms with Crippen molar-refractivity contribution in [2.75, 3.05) is 0 Å². The van der Waals surface area contributed by atoms with E-state index >= 15 is 0 Å². The van der Waals surface area contributed by atoms with Gasteiger partial charge in [0.1, 0.15) is 0 Å². The summed E-state index contributed by atoms with van der Waals surface area (Å²) in [4.78, 5) is 15.8. The highest BCUT2D eigenvalue weighted by molar-refractivity contribution is 5.94. The van der Waals surface area contributed by atoms with Crippen LogP contribution >= 0.6 is 0 Å². The maximum atomic E-state index is 11.7. The van der Waals surface area contributed by atoms with Crippen molar-refractivity contribution in [1.82, 2.24) is 10.4 Å². The zero-order chi connectivity index (χ0) is 13.7.